The lowest BCUT2D eigenvalue weighted by molar-refractivity contribution is -0.139. The normalized spacial score (nSPS) is 40.2. The fraction of sp³-hybridized carbons (Fsp3) is 0.889. The van der Waals surface area contributed by atoms with Gasteiger partial charge in [-0.3, -0.25) is 4.79 Å². The van der Waals surface area contributed by atoms with Crippen LogP contribution in [0.2, 0.25) is 0 Å². The van der Waals surface area contributed by atoms with Gasteiger partial charge in [-0.05, 0) is 30.1 Å². The summed E-state index contributed by atoms with van der Waals surface area (Å²) in [6.07, 6.45) is 2.52. The highest BCUT2D eigenvalue weighted by Gasteiger charge is 2.66. The van der Waals surface area contributed by atoms with E-state index in [0.717, 1.165) is 5.92 Å². The van der Waals surface area contributed by atoms with Gasteiger partial charge in [0.25, 0.3) is 0 Å². The second-order valence-corrected chi connectivity index (χ2v) is 4.50. The summed E-state index contributed by atoms with van der Waals surface area (Å²) in [7, 11) is 0. The summed E-state index contributed by atoms with van der Waals surface area (Å²) in [5.74, 6) is 0.591. The van der Waals surface area contributed by atoms with Crippen LogP contribution in [0.1, 0.15) is 26.7 Å². The van der Waals surface area contributed by atoms with Crippen LogP contribution in [-0.4, -0.2) is 11.1 Å². The first-order chi connectivity index (χ1) is 5.05. The number of hydrogen-bond donors (Lipinski definition) is 1. The molecule has 0 radical (unpaired) electrons. The van der Waals surface area contributed by atoms with Gasteiger partial charge in [0.15, 0.2) is 0 Å². The molecule has 2 heteroatoms. The van der Waals surface area contributed by atoms with Gasteiger partial charge in [0, 0.05) is 0 Å². The molecule has 62 valence electrons. The van der Waals surface area contributed by atoms with Gasteiger partial charge in [0.1, 0.15) is 0 Å². The summed E-state index contributed by atoms with van der Waals surface area (Å²) >= 11 is 0. The third-order valence-corrected chi connectivity index (χ3v) is 3.31. The van der Waals surface area contributed by atoms with Crippen molar-refractivity contribution in [3.05, 3.63) is 0 Å². The second-order valence-electron chi connectivity index (χ2n) is 4.50. The number of hydrogen-bond acceptors (Lipinski definition) is 1. The van der Waals surface area contributed by atoms with E-state index in [4.69, 9.17) is 5.11 Å². The van der Waals surface area contributed by atoms with E-state index < -0.39 is 5.97 Å². The van der Waals surface area contributed by atoms with E-state index >= 15 is 0 Å². The minimum Gasteiger partial charge on any atom is -0.481 e. The fourth-order valence-corrected chi connectivity index (χ4v) is 2.48. The molecule has 0 aromatic heterocycles. The molecule has 2 fully saturated rings. The second kappa shape index (κ2) is 1.79. The Kier molecular flexibility index (Phi) is 1.16. The maximum absolute atomic E-state index is 10.7. The number of carbonyl (C=O) groups is 1. The number of rotatable bonds is 2. The maximum atomic E-state index is 10.7. The predicted octanol–water partition coefficient (Wildman–Crippen LogP) is 1.75. The molecule has 2 rings (SSSR count). The van der Waals surface area contributed by atoms with Crippen LogP contribution in [-0.2, 0) is 4.79 Å². The summed E-state index contributed by atoms with van der Waals surface area (Å²) in [4.78, 5) is 10.7. The first kappa shape index (κ1) is 7.14. The summed E-state index contributed by atoms with van der Waals surface area (Å²) in [5, 5.41) is 8.84. The van der Waals surface area contributed by atoms with Gasteiger partial charge in [0.05, 0.1) is 5.92 Å². The molecule has 0 aromatic carbocycles. The van der Waals surface area contributed by atoms with Crippen molar-refractivity contribution in [1.82, 2.24) is 0 Å². The Labute approximate surface area is 66.6 Å². The summed E-state index contributed by atoms with van der Waals surface area (Å²) in [5.41, 5.74) is 0.0903. The molecule has 0 unspecified atom stereocenters. The number of aliphatic carboxylic acids is 1. The zero-order chi connectivity index (χ0) is 8.22. The van der Waals surface area contributed by atoms with E-state index in [0.29, 0.717) is 5.92 Å². The van der Waals surface area contributed by atoms with Gasteiger partial charge in [-0.2, -0.15) is 0 Å². The van der Waals surface area contributed by atoms with Gasteiger partial charge in [-0.15, -0.1) is 0 Å². The number of carboxylic acids is 1. The third kappa shape index (κ3) is 0.883. The van der Waals surface area contributed by atoms with Crippen molar-refractivity contribution >= 4 is 5.97 Å². The lowest BCUT2D eigenvalue weighted by Crippen LogP contribution is -2.03. The molecule has 2 atom stereocenters. The minimum absolute atomic E-state index is 0.0463. The van der Waals surface area contributed by atoms with Crippen molar-refractivity contribution in [2.24, 2.45) is 23.2 Å². The molecule has 2 aliphatic carbocycles. The van der Waals surface area contributed by atoms with E-state index in [1.54, 1.807) is 0 Å². The molecule has 0 spiro atoms. The average molecular weight is 154 g/mol. The topological polar surface area (TPSA) is 37.3 Å². The average Bonchev–Trinajstić information content (AvgIpc) is 2.63. The maximum Gasteiger partial charge on any atom is 0.307 e. The Balaban J connectivity index is 2.08. The highest BCUT2D eigenvalue weighted by atomic mass is 16.4. The Morgan fingerprint density at radius 2 is 2.00 bits per heavy atom. The first-order valence-electron chi connectivity index (χ1n) is 4.28. The van der Waals surface area contributed by atoms with Crippen LogP contribution in [0.25, 0.3) is 0 Å². The smallest absolute Gasteiger partial charge is 0.307 e. The van der Waals surface area contributed by atoms with Crippen molar-refractivity contribution in [3.8, 4) is 0 Å². The Bertz CT molecular complexity index is 204. The van der Waals surface area contributed by atoms with Crippen molar-refractivity contribution in [2.75, 3.05) is 0 Å². The monoisotopic (exact) mass is 154 g/mol. The lowest BCUT2D eigenvalue weighted by atomic mass is 10.1. The van der Waals surface area contributed by atoms with Gasteiger partial charge in [0.2, 0.25) is 0 Å². The van der Waals surface area contributed by atoms with Gasteiger partial charge >= 0.3 is 5.97 Å². The summed E-state index contributed by atoms with van der Waals surface area (Å²) in [6.45, 7) is 4.16. The fourth-order valence-electron chi connectivity index (χ4n) is 2.48. The Morgan fingerprint density at radius 3 is 2.27 bits per heavy atom. The van der Waals surface area contributed by atoms with Gasteiger partial charge in [-0.25, -0.2) is 0 Å². The molecular formula is C9H14O2. The van der Waals surface area contributed by atoms with Crippen LogP contribution in [0, 0.1) is 23.2 Å². The van der Waals surface area contributed by atoms with E-state index in [1.807, 2.05) is 0 Å². The molecule has 0 aromatic rings. The molecule has 0 amide bonds. The predicted molar refractivity (Wildman–Crippen MR) is 41.1 cm³/mol. The van der Waals surface area contributed by atoms with Crippen molar-refractivity contribution < 1.29 is 9.90 Å². The quantitative estimate of drug-likeness (QED) is 0.658. The molecule has 0 bridgehead atoms. The van der Waals surface area contributed by atoms with Crippen LogP contribution in [0.3, 0.4) is 0 Å². The molecule has 2 nitrogen and oxygen atoms in total. The SMILES string of the molecule is CC1(C)[C@H](C(=O)O)[C@H]1C1CC1. The molecular weight excluding hydrogens is 140 g/mol. The van der Waals surface area contributed by atoms with Gasteiger partial charge < -0.3 is 5.11 Å². The molecule has 1 N–H and O–H groups in total. The van der Waals surface area contributed by atoms with Crippen LogP contribution >= 0.6 is 0 Å². The highest BCUT2D eigenvalue weighted by molar-refractivity contribution is 5.75. The molecule has 0 heterocycles. The zero-order valence-corrected chi connectivity index (χ0v) is 7.00. The van der Waals surface area contributed by atoms with E-state index in [1.165, 1.54) is 12.8 Å². The standard InChI is InChI=1S/C9H14O2/c1-9(2)6(5-3-4-5)7(9)8(10)11/h5-7H,3-4H2,1-2H3,(H,10,11)/t6-,7+/m1/s1. The van der Waals surface area contributed by atoms with Crippen molar-refractivity contribution in [3.63, 3.8) is 0 Å². The lowest BCUT2D eigenvalue weighted by Gasteiger charge is -1.97. The molecule has 0 aliphatic heterocycles. The Morgan fingerprint density at radius 1 is 1.45 bits per heavy atom. The highest BCUT2D eigenvalue weighted by Crippen LogP contribution is 2.67. The minimum atomic E-state index is -0.591. The van der Waals surface area contributed by atoms with Crippen LogP contribution in [0.4, 0.5) is 0 Å². The molecule has 0 saturated heterocycles. The van der Waals surface area contributed by atoms with E-state index in [9.17, 15) is 4.79 Å². The summed E-state index contributed by atoms with van der Waals surface area (Å²) in [6, 6.07) is 0. The van der Waals surface area contributed by atoms with Crippen LogP contribution in [0.5, 0.6) is 0 Å². The Hall–Kier alpha value is -0.530. The van der Waals surface area contributed by atoms with E-state index in [2.05, 4.69) is 13.8 Å². The molecule has 2 aliphatic rings. The molecule has 11 heavy (non-hydrogen) atoms. The van der Waals surface area contributed by atoms with Gasteiger partial charge in [-0.1, -0.05) is 13.8 Å². The van der Waals surface area contributed by atoms with Crippen LogP contribution in [0.15, 0.2) is 0 Å². The molecule has 2 saturated carbocycles. The largest absolute Gasteiger partial charge is 0.481 e. The summed E-state index contributed by atoms with van der Waals surface area (Å²) < 4.78 is 0. The van der Waals surface area contributed by atoms with Crippen molar-refractivity contribution in [1.29, 1.82) is 0 Å². The van der Waals surface area contributed by atoms with Crippen LogP contribution < -0.4 is 0 Å². The van der Waals surface area contributed by atoms with E-state index in [-0.39, 0.29) is 11.3 Å². The first-order valence-corrected chi connectivity index (χ1v) is 4.28. The zero-order valence-electron chi connectivity index (χ0n) is 7.00. The number of carboxylic acid groups (broad SMARTS) is 1. The van der Waals surface area contributed by atoms with Crippen molar-refractivity contribution in [2.45, 2.75) is 26.7 Å². The third-order valence-electron chi connectivity index (χ3n) is 3.31.